The Bertz CT molecular complexity index is 743. The maximum Gasteiger partial charge on any atom is 0.274 e. The van der Waals surface area contributed by atoms with Crippen LogP contribution in [0.15, 0.2) is 36.4 Å². The number of nitrogens with one attached hydrogen (secondary N) is 2. The summed E-state index contributed by atoms with van der Waals surface area (Å²) in [7, 11) is 0. The summed E-state index contributed by atoms with van der Waals surface area (Å²) in [6.07, 6.45) is 0. The van der Waals surface area contributed by atoms with Crippen molar-refractivity contribution in [3.05, 3.63) is 52.9 Å². The number of carbonyl (C=O) groups is 1. The fraction of sp³-hybridized carbons (Fsp3) is 0.0714. The highest BCUT2D eigenvalue weighted by molar-refractivity contribution is 6.29. The van der Waals surface area contributed by atoms with Crippen molar-refractivity contribution in [1.29, 1.82) is 0 Å². The average molecular weight is 287 g/mol. The third-order valence-corrected chi connectivity index (χ3v) is 3.02. The highest BCUT2D eigenvalue weighted by Crippen LogP contribution is 2.16. The third kappa shape index (κ3) is 2.48. The summed E-state index contributed by atoms with van der Waals surface area (Å²) in [5.41, 5.74) is 2.05. The van der Waals surface area contributed by atoms with Gasteiger partial charge in [0.25, 0.3) is 5.91 Å². The van der Waals surface area contributed by atoms with Gasteiger partial charge in [0, 0.05) is 16.6 Å². The smallest absolute Gasteiger partial charge is 0.274 e. The molecular weight excluding hydrogens is 276 g/mol. The molecule has 5 nitrogen and oxygen atoms in total. The molecule has 100 valence electrons. The summed E-state index contributed by atoms with van der Waals surface area (Å²) in [6, 6.07) is 11.1. The number of H-pyrrole nitrogens is 1. The van der Waals surface area contributed by atoms with Crippen LogP contribution in [0.5, 0.6) is 0 Å². The van der Waals surface area contributed by atoms with E-state index in [0.717, 1.165) is 10.9 Å². The number of amides is 1. The fourth-order valence-electron chi connectivity index (χ4n) is 1.95. The topological polar surface area (TPSA) is 70.7 Å². The SMILES string of the molecule is Cc1cc(Cl)nc(NC(=O)c2cc3ccccc3[nH]2)n1. The standard InChI is InChI=1S/C14H11ClN4O/c1-8-6-12(15)18-14(16-8)19-13(20)11-7-9-4-2-3-5-10(9)17-11/h2-7,17H,1H3,(H,16,18,19,20). The molecule has 0 unspecified atom stereocenters. The van der Waals surface area contributed by atoms with Crippen LogP contribution in [0.25, 0.3) is 10.9 Å². The van der Waals surface area contributed by atoms with Gasteiger partial charge in [-0.3, -0.25) is 10.1 Å². The van der Waals surface area contributed by atoms with E-state index in [9.17, 15) is 4.79 Å². The third-order valence-electron chi connectivity index (χ3n) is 2.82. The first-order valence-electron chi connectivity index (χ1n) is 6.02. The zero-order chi connectivity index (χ0) is 14.1. The van der Waals surface area contributed by atoms with Crippen LogP contribution in [0.2, 0.25) is 5.15 Å². The lowest BCUT2D eigenvalue weighted by molar-refractivity contribution is 0.102. The average Bonchev–Trinajstić information content (AvgIpc) is 2.81. The molecule has 3 aromatic rings. The van der Waals surface area contributed by atoms with Crippen LogP contribution in [0.1, 0.15) is 16.2 Å². The Kier molecular flexibility index (Phi) is 3.12. The largest absolute Gasteiger partial charge is 0.351 e. The number of aromatic amines is 1. The summed E-state index contributed by atoms with van der Waals surface area (Å²) < 4.78 is 0. The second kappa shape index (κ2) is 4.94. The van der Waals surface area contributed by atoms with E-state index in [0.29, 0.717) is 16.5 Å². The molecule has 0 atom stereocenters. The van der Waals surface area contributed by atoms with Gasteiger partial charge in [0.05, 0.1) is 0 Å². The molecule has 2 N–H and O–H groups in total. The number of nitrogens with zero attached hydrogens (tertiary/aromatic N) is 2. The molecule has 2 aromatic heterocycles. The van der Waals surface area contributed by atoms with E-state index in [1.54, 1.807) is 19.1 Å². The molecule has 0 aliphatic heterocycles. The number of fused-ring (bicyclic) bond motifs is 1. The number of rotatable bonds is 2. The number of hydrogen-bond donors (Lipinski definition) is 2. The highest BCUT2D eigenvalue weighted by atomic mass is 35.5. The molecule has 20 heavy (non-hydrogen) atoms. The molecule has 2 heterocycles. The van der Waals surface area contributed by atoms with E-state index in [1.165, 1.54) is 0 Å². The van der Waals surface area contributed by atoms with Gasteiger partial charge in [-0.25, -0.2) is 9.97 Å². The van der Waals surface area contributed by atoms with E-state index >= 15 is 0 Å². The number of halogens is 1. The van der Waals surface area contributed by atoms with Crippen molar-refractivity contribution in [3.63, 3.8) is 0 Å². The Morgan fingerprint density at radius 1 is 1.25 bits per heavy atom. The zero-order valence-electron chi connectivity index (χ0n) is 10.6. The van der Waals surface area contributed by atoms with E-state index in [2.05, 4.69) is 20.3 Å². The second-order valence-electron chi connectivity index (χ2n) is 4.38. The minimum atomic E-state index is -0.303. The maximum atomic E-state index is 12.1. The van der Waals surface area contributed by atoms with Crippen molar-refractivity contribution < 1.29 is 4.79 Å². The zero-order valence-corrected chi connectivity index (χ0v) is 11.4. The number of benzene rings is 1. The molecule has 0 saturated heterocycles. The maximum absolute atomic E-state index is 12.1. The number of aromatic nitrogens is 3. The first-order chi connectivity index (χ1) is 9.61. The first-order valence-corrected chi connectivity index (χ1v) is 6.40. The van der Waals surface area contributed by atoms with Crippen LogP contribution in [0.3, 0.4) is 0 Å². The number of hydrogen-bond acceptors (Lipinski definition) is 3. The molecule has 1 amide bonds. The quantitative estimate of drug-likeness (QED) is 0.711. The normalized spacial score (nSPS) is 10.7. The molecule has 0 radical (unpaired) electrons. The fourth-order valence-corrected chi connectivity index (χ4v) is 2.19. The Hall–Kier alpha value is -2.40. The lowest BCUT2D eigenvalue weighted by Crippen LogP contribution is -2.14. The van der Waals surface area contributed by atoms with Gasteiger partial charge < -0.3 is 4.98 Å². The van der Waals surface area contributed by atoms with Crippen LogP contribution < -0.4 is 5.32 Å². The van der Waals surface area contributed by atoms with Gasteiger partial charge in [0.1, 0.15) is 10.8 Å². The van der Waals surface area contributed by atoms with Crippen LogP contribution in [0.4, 0.5) is 5.95 Å². The summed E-state index contributed by atoms with van der Waals surface area (Å²) >= 11 is 5.83. The molecule has 3 rings (SSSR count). The highest BCUT2D eigenvalue weighted by Gasteiger charge is 2.11. The minimum Gasteiger partial charge on any atom is -0.351 e. The van der Waals surface area contributed by atoms with Gasteiger partial charge >= 0.3 is 0 Å². The number of para-hydroxylation sites is 1. The Morgan fingerprint density at radius 2 is 2.05 bits per heavy atom. The van der Waals surface area contributed by atoms with Gasteiger partial charge in [0.2, 0.25) is 5.95 Å². The summed E-state index contributed by atoms with van der Waals surface area (Å²) in [5.74, 6) is -0.110. The van der Waals surface area contributed by atoms with Crippen molar-refractivity contribution >= 4 is 34.4 Å². The summed E-state index contributed by atoms with van der Waals surface area (Å²) in [6.45, 7) is 1.78. The van der Waals surface area contributed by atoms with Gasteiger partial charge in [0.15, 0.2) is 0 Å². The molecule has 1 aromatic carbocycles. The van der Waals surface area contributed by atoms with Crippen LogP contribution in [-0.2, 0) is 0 Å². The lowest BCUT2D eigenvalue weighted by Gasteiger charge is -2.03. The minimum absolute atomic E-state index is 0.193. The lowest BCUT2D eigenvalue weighted by atomic mass is 10.2. The summed E-state index contributed by atoms with van der Waals surface area (Å²) in [4.78, 5) is 23.3. The molecular formula is C14H11ClN4O. The monoisotopic (exact) mass is 286 g/mol. The van der Waals surface area contributed by atoms with Crippen LogP contribution in [0, 0.1) is 6.92 Å². The van der Waals surface area contributed by atoms with Crippen molar-refractivity contribution in [1.82, 2.24) is 15.0 Å². The number of carbonyl (C=O) groups excluding carboxylic acids is 1. The van der Waals surface area contributed by atoms with Crippen molar-refractivity contribution in [2.24, 2.45) is 0 Å². The molecule has 0 aliphatic rings. The van der Waals surface area contributed by atoms with E-state index < -0.39 is 0 Å². The molecule has 6 heteroatoms. The molecule has 0 bridgehead atoms. The van der Waals surface area contributed by atoms with E-state index in [1.807, 2.05) is 24.3 Å². The van der Waals surface area contributed by atoms with E-state index in [4.69, 9.17) is 11.6 Å². The summed E-state index contributed by atoms with van der Waals surface area (Å²) in [5, 5.41) is 3.89. The van der Waals surface area contributed by atoms with Gasteiger partial charge in [-0.15, -0.1) is 0 Å². The molecule has 0 spiro atoms. The van der Waals surface area contributed by atoms with Crippen LogP contribution >= 0.6 is 11.6 Å². The Balaban J connectivity index is 1.88. The van der Waals surface area contributed by atoms with Crippen LogP contribution in [-0.4, -0.2) is 20.9 Å². The molecule has 0 fully saturated rings. The molecule has 0 aliphatic carbocycles. The van der Waals surface area contributed by atoms with Crippen molar-refractivity contribution in [2.45, 2.75) is 6.92 Å². The van der Waals surface area contributed by atoms with Crippen molar-refractivity contribution in [3.8, 4) is 0 Å². The van der Waals surface area contributed by atoms with E-state index in [-0.39, 0.29) is 11.9 Å². The predicted molar refractivity (Wildman–Crippen MR) is 78.0 cm³/mol. The van der Waals surface area contributed by atoms with Gasteiger partial charge in [-0.05, 0) is 25.1 Å². The van der Waals surface area contributed by atoms with Gasteiger partial charge in [-0.1, -0.05) is 29.8 Å². The Morgan fingerprint density at radius 3 is 2.80 bits per heavy atom. The second-order valence-corrected chi connectivity index (χ2v) is 4.77. The Labute approximate surface area is 120 Å². The van der Waals surface area contributed by atoms with Crippen molar-refractivity contribution in [2.75, 3.05) is 5.32 Å². The number of aryl methyl sites for hydroxylation is 1. The number of anilines is 1. The van der Waals surface area contributed by atoms with Gasteiger partial charge in [-0.2, -0.15) is 0 Å². The predicted octanol–water partition coefficient (Wildman–Crippen LogP) is 3.17. The molecule has 0 saturated carbocycles. The first kappa shape index (κ1) is 12.6.